The number of carbonyl (C=O) groups excluding carboxylic acids is 1. The molecule has 2 aliphatic carbocycles. The molecule has 0 heterocycles. The average molecular weight is 499 g/mol. The quantitative estimate of drug-likeness (QED) is 0.348. The Morgan fingerprint density at radius 2 is 1.70 bits per heavy atom. The zero-order chi connectivity index (χ0) is 26.2. The summed E-state index contributed by atoms with van der Waals surface area (Å²) < 4.78 is 6.24. The Morgan fingerprint density at radius 1 is 1.00 bits per heavy atom. The summed E-state index contributed by atoms with van der Waals surface area (Å²) in [6.45, 7) is 7.00. The van der Waals surface area contributed by atoms with Crippen LogP contribution < -0.4 is 0 Å². The van der Waals surface area contributed by atoms with Gasteiger partial charge in [0.2, 0.25) is 0 Å². The third-order valence-corrected chi connectivity index (χ3v) is 9.44. The molecular formula is C33H38O4. The normalized spacial score (nSPS) is 28.0. The van der Waals surface area contributed by atoms with Gasteiger partial charge in [-0.05, 0) is 45.6 Å². The van der Waals surface area contributed by atoms with Crippen molar-refractivity contribution in [1.29, 1.82) is 0 Å². The van der Waals surface area contributed by atoms with E-state index in [-0.39, 0.29) is 41.6 Å². The minimum absolute atomic E-state index is 0.00375. The lowest BCUT2D eigenvalue weighted by Gasteiger charge is -2.40. The van der Waals surface area contributed by atoms with E-state index in [0.29, 0.717) is 0 Å². The second kappa shape index (κ2) is 10.1. The molecule has 3 unspecified atom stereocenters. The fraction of sp³-hybridized carbons (Fsp3) is 0.424. The SMILES string of the molecule is CC1(C)C2CC[C@@]1(C)C(c1cccc3ccccc13)C2OC(=O)C[C@H](O)C[C@H](O)/C=C/c1ccccc1. The molecular weight excluding hydrogens is 460 g/mol. The van der Waals surface area contributed by atoms with E-state index >= 15 is 0 Å². The van der Waals surface area contributed by atoms with Crippen molar-refractivity contribution in [2.24, 2.45) is 16.7 Å². The highest BCUT2D eigenvalue weighted by molar-refractivity contribution is 5.86. The van der Waals surface area contributed by atoms with Crippen molar-refractivity contribution in [2.45, 2.75) is 70.7 Å². The molecule has 3 aromatic carbocycles. The number of rotatable bonds is 8. The standard InChI is InChI=1S/C33H38O4/c1-32(2)28-18-19-33(32,3)30(27-15-9-13-23-12-7-8-14-26(23)27)31(28)37-29(36)21-25(35)20-24(34)17-16-22-10-5-4-6-11-22/h4-17,24-25,28,30-31,34-35H,18-21H2,1-3H3/b17-16+/t24-,25-,28?,30?,31?,33+/m1/s1. The van der Waals surface area contributed by atoms with Gasteiger partial charge in [-0.3, -0.25) is 4.79 Å². The molecule has 3 aromatic rings. The van der Waals surface area contributed by atoms with Gasteiger partial charge in [-0.2, -0.15) is 0 Å². The number of hydrogen-bond acceptors (Lipinski definition) is 4. The third-order valence-electron chi connectivity index (χ3n) is 9.44. The summed E-state index contributed by atoms with van der Waals surface area (Å²) in [6.07, 6.45) is 3.53. The zero-order valence-corrected chi connectivity index (χ0v) is 22.0. The molecule has 0 radical (unpaired) electrons. The number of ether oxygens (including phenoxy) is 1. The first kappa shape index (κ1) is 25.7. The van der Waals surface area contributed by atoms with E-state index in [2.05, 4.69) is 63.2 Å². The van der Waals surface area contributed by atoms with Crippen molar-refractivity contribution in [2.75, 3.05) is 0 Å². The minimum Gasteiger partial charge on any atom is -0.461 e. The molecule has 0 aromatic heterocycles. The van der Waals surface area contributed by atoms with Crippen LogP contribution in [0.25, 0.3) is 16.8 Å². The molecule has 2 bridgehead atoms. The van der Waals surface area contributed by atoms with Crippen LogP contribution in [0.1, 0.15) is 63.5 Å². The molecule has 2 saturated carbocycles. The van der Waals surface area contributed by atoms with E-state index in [4.69, 9.17) is 4.74 Å². The molecule has 0 amide bonds. The summed E-state index contributed by atoms with van der Waals surface area (Å²) in [5.74, 6) is -0.0382. The molecule has 37 heavy (non-hydrogen) atoms. The molecule has 0 spiro atoms. The summed E-state index contributed by atoms with van der Waals surface area (Å²) in [5.41, 5.74) is 2.25. The molecule has 6 atom stereocenters. The smallest absolute Gasteiger partial charge is 0.308 e. The average Bonchev–Trinajstić information content (AvgIpc) is 3.20. The van der Waals surface area contributed by atoms with Crippen LogP contribution in [0, 0.1) is 16.7 Å². The van der Waals surface area contributed by atoms with E-state index in [0.717, 1.165) is 18.4 Å². The van der Waals surface area contributed by atoms with Crippen LogP contribution in [0.3, 0.4) is 0 Å². The van der Waals surface area contributed by atoms with Gasteiger partial charge in [0.25, 0.3) is 0 Å². The Hall–Kier alpha value is -2.95. The van der Waals surface area contributed by atoms with Crippen LogP contribution in [0.2, 0.25) is 0 Å². The fourth-order valence-corrected chi connectivity index (χ4v) is 7.10. The van der Waals surface area contributed by atoms with Crippen molar-refractivity contribution >= 4 is 22.8 Å². The Bertz CT molecular complexity index is 1270. The van der Waals surface area contributed by atoms with E-state index < -0.39 is 18.2 Å². The number of benzene rings is 3. The lowest BCUT2D eigenvalue weighted by Crippen LogP contribution is -2.36. The maximum atomic E-state index is 13.1. The van der Waals surface area contributed by atoms with Gasteiger partial charge in [-0.1, -0.05) is 106 Å². The second-order valence-corrected chi connectivity index (χ2v) is 11.7. The van der Waals surface area contributed by atoms with Gasteiger partial charge >= 0.3 is 5.97 Å². The van der Waals surface area contributed by atoms with E-state index in [9.17, 15) is 15.0 Å². The van der Waals surface area contributed by atoms with Crippen molar-refractivity contribution in [3.05, 3.63) is 90.0 Å². The molecule has 2 aliphatic rings. The fourth-order valence-electron chi connectivity index (χ4n) is 7.10. The maximum absolute atomic E-state index is 13.1. The zero-order valence-electron chi connectivity index (χ0n) is 22.0. The lowest BCUT2D eigenvalue weighted by molar-refractivity contribution is -0.156. The van der Waals surface area contributed by atoms with Crippen LogP contribution in [0.5, 0.6) is 0 Å². The molecule has 194 valence electrons. The Kier molecular flexibility index (Phi) is 6.99. The number of esters is 1. The molecule has 5 rings (SSSR count). The van der Waals surface area contributed by atoms with Crippen LogP contribution in [-0.2, 0) is 9.53 Å². The van der Waals surface area contributed by atoms with Crippen molar-refractivity contribution in [1.82, 2.24) is 0 Å². The summed E-state index contributed by atoms with van der Waals surface area (Å²) in [6, 6.07) is 24.5. The van der Waals surface area contributed by atoms with Crippen molar-refractivity contribution in [3.8, 4) is 0 Å². The minimum atomic E-state index is -0.971. The highest BCUT2D eigenvalue weighted by Gasteiger charge is 2.67. The summed E-state index contributed by atoms with van der Waals surface area (Å²) >= 11 is 0. The second-order valence-electron chi connectivity index (χ2n) is 11.7. The predicted octanol–water partition coefficient (Wildman–Crippen LogP) is 6.51. The molecule has 0 aliphatic heterocycles. The topological polar surface area (TPSA) is 66.8 Å². The number of aliphatic hydroxyl groups excluding tert-OH is 2. The largest absolute Gasteiger partial charge is 0.461 e. The number of aliphatic hydroxyl groups is 2. The summed E-state index contributed by atoms with van der Waals surface area (Å²) in [5, 5.41) is 23.3. The van der Waals surface area contributed by atoms with Crippen molar-refractivity contribution in [3.63, 3.8) is 0 Å². The maximum Gasteiger partial charge on any atom is 0.308 e. The Balaban J connectivity index is 1.31. The van der Waals surface area contributed by atoms with Gasteiger partial charge in [0.15, 0.2) is 0 Å². The summed E-state index contributed by atoms with van der Waals surface area (Å²) in [4.78, 5) is 13.1. The first-order valence-corrected chi connectivity index (χ1v) is 13.5. The molecule has 4 heteroatoms. The van der Waals surface area contributed by atoms with Crippen LogP contribution in [0.4, 0.5) is 0 Å². The Morgan fingerprint density at radius 3 is 2.49 bits per heavy atom. The number of hydrogen-bond donors (Lipinski definition) is 2. The molecule has 4 nitrogen and oxygen atoms in total. The first-order chi connectivity index (χ1) is 17.7. The van der Waals surface area contributed by atoms with Crippen LogP contribution >= 0.6 is 0 Å². The van der Waals surface area contributed by atoms with E-state index in [1.54, 1.807) is 6.08 Å². The molecule has 2 fully saturated rings. The molecule has 2 N–H and O–H groups in total. The van der Waals surface area contributed by atoms with Gasteiger partial charge in [0.1, 0.15) is 6.10 Å². The van der Waals surface area contributed by atoms with E-state index in [1.165, 1.54) is 16.3 Å². The lowest BCUT2D eigenvalue weighted by atomic mass is 9.64. The number of fused-ring (bicyclic) bond motifs is 3. The monoisotopic (exact) mass is 498 g/mol. The Labute approximate surface area is 220 Å². The van der Waals surface area contributed by atoms with Gasteiger partial charge in [0, 0.05) is 18.3 Å². The van der Waals surface area contributed by atoms with Crippen LogP contribution in [0.15, 0.2) is 78.9 Å². The van der Waals surface area contributed by atoms with Gasteiger partial charge in [0.05, 0.1) is 18.6 Å². The van der Waals surface area contributed by atoms with Gasteiger partial charge in [-0.25, -0.2) is 0 Å². The first-order valence-electron chi connectivity index (χ1n) is 13.5. The van der Waals surface area contributed by atoms with E-state index in [1.807, 2.05) is 36.4 Å². The number of carbonyl (C=O) groups is 1. The van der Waals surface area contributed by atoms with Gasteiger partial charge in [-0.15, -0.1) is 0 Å². The third kappa shape index (κ3) is 4.73. The highest BCUT2D eigenvalue weighted by Crippen LogP contribution is 2.72. The summed E-state index contributed by atoms with van der Waals surface area (Å²) in [7, 11) is 0. The van der Waals surface area contributed by atoms with Gasteiger partial charge < -0.3 is 14.9 Å². The molecule has 0 saturated heterocycles. The highest BCUT2D eigenvalue weighted by atomic mass is 16.5. The van der Waals surface area contributed by atoms with Crippen LogP contribution in [-0.4, -0.2) is 34.5 Å². The van der Waals surface area contributed by atoms with Crippen molar-refractivity contribution < 1.29 is 19.7 Å². The predicted molar refractivity (Wildman–Crippen MR) is 148 cm³/mol.